The number of carbonyl (C=O) groups is 1. The van der Waals surface area contributed by atoms with Gasteiger partial charge in [0.05, 0.1) is 5.02 Å². The minimum absolute atomic E-state index is 0.210. The first-order valence-corrected chi connectivity index (χ1v) is 9.29. The van der Waals surface area contributed by atoms with E-state index in [-0.39, 0.29) is 18.9 Å². The molecule has 3 aromatic rings. The van der Waals surface area contributed by atoms with E-state index in [1.807, 2.05) is 47.0 Å². The van der Waals surface area contributed by atoms with Crippen molar-refractivity contribution in [2.45, 2.75) is 18.2 Å². The highest BCUT2D eigenvalue weighted by Crippen LogP contribution is 2.26. The molecule has 0 fully saturated rings. The molecule has 0 saturated carbocycles. The Bertz CT molecular complexity index is 886. The summed E-state index contributed by atoms with van der Waals surface area (Å²) >= 11 is 7.56. The van der Waals surface area contributed by atoms with Gasteiger partial charge in [-0.05, 0) is 24.3 Å². The molecular weight excluding hydrogens is 372 g/mol. The maximum Gasteiger partial charge on any atom is 0.218 e. The van der Waals surface area contributed by atoms with Crippen LogP contribution in [0.2, 0.25) is 5.02 Å². The Morgan fingerprint density at radius 1 is 1.12 bits per heavy atom. The van der Waals surface area contributed by atoms with E-state index in [1.54, 1.807) is 12.1 Å². The minimum Gasteiger partial charge on any atom is -0.484 e. The van der Waals surface area contributed by atoms with E-state index in [4.69, 9.17) is 22.1 Å². The van der Waals surface area contributed by atoms with Crippen LogP contribution in [0.5, 0.6) is 5.75 Å². The second kappa shape index (κ2) is 8.73. The Morgan fingerprint density at radius 2 is 1.85 bits per heavy atom. The molecule has 3 rings (SSSR count). The van der Waals surface area contributed by atoms with Crippen LogP contribution in [-0.4, -0.2) is 26.4 Å². The lowest BCUT2D eigenvalue weighted by Gasteiger charge is -2.11. The molecule has 2 N–H and O–H groups in total. The van der Waals surface area contributed by atoms with E-state index in [0.717, 1.165) is 5.69 Å². The number of halogens is 1. The van der Waals surface area contributed by atoms with Crippen molar-refractivity contribution in [3.63, 3.8) is 0 Å². The maximum absolute atomic E-state index is 11.0. The number of primary amides is 1. The highest BCUT2D eigenvalue weighted by Gasteiger charge is 2.15. The molecule has 0 bridgehead atoms. The fourth-order valence-corrected chi connectivity index (χ4v) is 3.39. The first kappa shape index (κ1) is 18.3. The second-order valence-electron chi connectivity index (χ2n) is 5.35. The lowest BCUT2D eigenvalue weighted by molar-refractivity contribution is -0.117. The number of hydrogen-bond acceptors (Lipinski definition) is 5. The van der Waals surface area contributed by atoms with Gasteiger partial charge in [-0.3, -0.25) is 9.36 Å². The minimum atomic E-state index is -0.342. The van der Waals surface area contributed by atoms with Crippen LogP contribution in [0.1, 0.15) is 12.2 Å². The first-order chi connectivity index (χ1) is 12.6. The average molecular weight is 389 g/mol. The van der Waals surface area contributed by atoms with Crippen LogP contribution in [-0.2, 0) is 11.4 Å². The van der Waals surface area contributed by atoms with Gasteiger partial charge in [-0.1, -0.05) is 53.7 Å². The van der Waals surface area contributed by atoms with Crippen molar-refractivity contribution in [2.75, 3.05) is 5.75 Å². The van der Waals surface area contributed by atoms with Crippen LogP contribution in [0.4, 0.5) is 0 Å². The maximum atomic E-state index is 11.0. The molecule has 8 heteroatoms. The number of rotatable bonds is 8. The molecular formula is C18H17ClN4O2S. The standard InChI is InChI=1S/C18H17ClN4O2S/c19-14-8-4-5-9-15(14)25-12-17-21-22-18(26-11-10-16(20)24)23(17)13-6-2-1-3-7-13/h1-9H,10-12H2,(H2,20,24). The molecule has 26 heavy (non-hydrogen) atoms. The number of nitrogens with two attached hydrogens (primary N) is 1. The topological polar surface area (TPSA) is 83.0 Å². The summed E-state index contributed by atoms with van der Waals surface area (Å²) in [4.78, 5) is 11.0. The summed E-state index contributed by atoms with van der Waals surface area (Å²) < 4.78 is 7.71. The molecule has 0 atom stereocenters. The Balaban J connectivity index is 1.83. The number of ether oxygens (including phenoxy) is 1. The van der Waals surface area contributed by atoms with Gasteiger partial charge < -0.3 is 10.5 Å². The van der Waals surface area contributed by atoms with Crippen LogP contribution in [0, 0.1) is 0 Å². The third-order valence-electron chi connectivity index (χ3n) is 3.49. The third kappa shape index (κ3) is 4.56. The summed E-state index contributed by atoms with van der Waals surface area (Å²) in [5, 5.41) is 9.69. The molecule has 6 nitrogen and oxygen atoms in total. The molecule has 2 aromatic carbocycles. The molecule has 0 unspecified atom stereocenters. The zero-order valence-corrected chi connectivity index (χ0v) is 15.4. The van der Waals surface area contributed by atoms with Gasteiger partial charge in [0, 0.05) is 17.9 Å². The number of para-hydroxylation sites is 2. The van der Waals surface area contributed by atoms with E-state index < -0.39 is 0 Å². The smallest absolute Gasteiger partial charge is 0.218 e. The lowest BCUT2D eigenvalue weighted by Crippen LogP contribution is -2.11. The van der Waals surface area contributed by atoms with Gasteiger partial charge in [0.1, 0.15) is 12.4 Å². The van der Waals surface area contributed by atoms with Crippen molar-refractivity contribution >= 4 is 29.3 Å². The van der Waals surface area contributed by atoms with Crippen LogP contribution >= 0.6 is 23.4 Å². The fourth-order valence-electron chi connectivity index (χ4n) is 2.27. The first-order valence-electron chi connectivity index (χ1n) is 7.93. The SMILES string of the molecule is NC(=O)CCSc1nnc(COc2ccccc2Cl)n1-c1ccccc1. The van der Waals surface area contributed by atoms with Crippen molar-refractivity contribution in [1.29, 1.82) is 0 Å². The van der Waals surface area contributed by atoms with Crippen LogP contribution in [0.15, 0.2) is 59.8 Å². The zero-order chi connectivity index (χ0) is 18.4. The van der Waals surface area contributed by atoms with Gasteiger partial charge in [0.2, 0.25) is 5.91 Å². The van der Waals surface area contributed by atoms with E-state index in [9.17, 15) is 4.79 Å². The molecule has 134 valence electrons. The lowest BCUT2D eigenvalue weighted by atomic mass is 10.3. The van der Waals surface area contributed by atoms with Gasteiger partial charge >= 0.3 is 0 Å². The molecule has 0 saturated heterocycles. The number of nitrogens with zero attached hydrogens (tertiary/aromatic N) is 3. The van der Waals surface area contributed by atoms with E-state index in [1.165, 1.54) is 11.8 Å². The van der Waals surface area contributed by atoms with Gasteiger partial charge in [0.15, 0.2) is 11.0 Å². The summed E-state index contributed by atoms with van der Waals surface area (Å²) in [5.41, 5.74) is 6.12. The van der Waals surface area contributed by atoms with Crippen molar-refractivity contribution in [2.24, 2.45) is 5.73 Å². The molecule has 0 aliphatic rings. The Kier molecular flexibility index (Phi) is 6.14. The van der Waals surface area contributed by atoms with Gasteiger partial charge in [-0.15, -0.1) is 10.2 Å². The molecule has 0 aliphatic carbocycles. The van der Waals surface area contributed by atoms with Crippen molar-refractivity contribution in [1.82, 2.24) is 14.8 Å². The predicted octanol–water partition coefficient (Wildman–Crippen LogP) is 3.47. The Labute approximate surface area is 160 Å². The summed E-state index contributed by atoms with van der Waals surface area (Å²) in [6.07, 6.45) is 0.276. The summed E-state index contributed by atoms with van der Waals surface area (Å²) in [7, 11) is 0. The molecule has 0 spiro atoms. The predicted molar refractivity (Wildman–Crippen MR) is 102 cm³/mol. The molecule has 1 heterocycles. The van der Waals surface area contributed by atoms with E-state index in [2.05, 4.69) is 10.2 Å². The van der Waals surface area contributed by atoms with Gasteiger partial charge in [0.25, 0.3) is 0 Å². The highest BCUT2D eigenvalue weighted by atomic mass is 35.5. The van der Waals surface area contributed by atoms with Gasteiger partial charge in [-0.2, -0.15) is 0 Å². The Hall–Kier alpha value is -2.51. The van der Waals surface area contributed by atoms with Gasteiger partial charge in [-0.25, -0.2) is 0 Å². The quantitative estimate of drug-likeness (QED) is 0.597. The third-order valence-corrected chi connectivity index (χ3v) is 4.73. The molecule has 1 amide bonds. The molecule has 0 aliphatic heterocycles. The average Bonchev–Trinajstić information content (AvgIpc) is 3.04. The Morgan fingerprint density at radius 3 is 2.58 bits per heavy atom. The van der Waals surface area contributed by atoms with E-state index in [0.29, 0.717) is 27.5 Å². The largest absolute Gasteiger partial charge is 0.484 e. The number of benzene rings is 2. The summed E-state index contributed by atoms with van der Waals surface area (Å²) in [6, 6.07) is 17.0. The van der Waals surface area contributed by atoms with Crippen molar-refractivity contribution in [3.8, 4) is 11.4 Å². The highest BCUT2D eigenvalue weighted by molar-refractivity contribution is 7.99. The van der Waals surface area contributed by atoms with Crippen molar-refractivity contribution < 1.29 is 9.53 Å². The number of thioether (sulfide) groups is 1. The number of aromatic nitrogens is 3. The number of carbonyl (C=O) groups excluding carboxylic acids is 1. The number of amides is 1. The van der Waals surface area contributed by atoms with Crippen LogP contribution < -0.4 is 10.5 Å². The summed E-state index contributed by atoms with van der Waals surface area (Å²) in [6.45, 7) is 0.210. The zero-order valence-electron chi connectivity index (χ0n) is 13.8. The summed E-state index contributed by atoms with van der Waals surface area (Å²) in [5.74, 6) is 1.41. The van der Waals surface area contributed by atoms with Crippen LogP contribution in [0.25, 0.3) is 5.69 Å². The second-order valence-corrected chi connectivity index (χ2v) is 6.82. The van der Waals surface area contributed by atoms with E-state index >= 15 is 0 Å². The van der Waals surface area contributed by atoms with Crippen molar-refractivity contribution in [3.05, 3.63) is 65.4 Å². The number of hydrogen-bond donors (Lipinski definition) is 1. The molecule has 1 aromatic heterocycles. The monoisotopic (exact) mass is 388 g/mol. The van der Waals surface area contributed by atoms with Crippen LogP contribution in [0.3, 0.4) is 0 Å². The molecule has 0 radical (unpaired) electrons. The fraction of sp³-hybridized carbons (Fsp3) is 0.167. The normalized spacial score (nSPS) is 10.7.